The molecular weight excluding hydrogens is 431 g/mol. The van der Waals surface area contributed by atoms with Crippen LogP contribution in [0.3, 0.4) is 0 Å². The SMILES string of the molecule is Brc1cccc(C[C](=[Zr+2])Cc2cccc(Br)c2)c1. The molecule has 0 heterocycles. The standard InChI is InChI=1S/C15H12Br2.Zr/c16-14-8-2-6-12(10-14)4-1-5-13-7-3-9-15(17)11-13;/h2-3,6-11H,4-5H2;/q;+2. The quantitative estimate of drug-likeness (QED) is 0.642. The molecule has 0 aliphatic carbocycles. The summed E-state index contributed by atoms with van der Waals surface area (Å²) in [5, 5.41) is 0. The van der Waals surface area contributed by atoms with Crippen LogP contribution >= 0.6 is 31.9 Å². The van der Waals surface area contributed by atoms with Crippen LogP contribution in [-0.2, 0) is 37.1 Å². The minimum atomic E-state index is 1.07. The van der Waals surface area contributed by atoms with E-state index in [0.29, 0.717) is 0 Å². The van der Waals surface area contributed by atoms with Crippen molar-refractivity contribution in [3.63, 3.8) is 0 Å². The van der Waals surface area contributed by atoms with Gasteiger partial charge in [0.05, 0.1) is 0 Å². The second-order valence-electron chi connectivity index (χ2n) is 4.22. The van der Waals surface area contributed by atoms with E-state index in [4.69, 9.17) is 0 Å². The molecule has 0 N–H and O–H groups in total. The molecule has 18 heavy (non-hydrogen) atoms. The van der Waals surface area contributed by atoms with E-state index >= 15 is 0 Å². The molecule has 2 rings (SSSR count). The number of hydrogen-bond acceptors (Lipinski definition) is 0. The van der Waals surface area contributed by atoms with Crippen LogP contribution in [0.1, 0.15) is 11.1 Å². The van der Waals surface area contributed by atoms with Gasteiger partial charge in [0.1, 0.15) is 0 Å². The van der Waals surface area contributed by atoms with Gasteiger partial charge in [-0.25, -0.2) is 0 Å². The summed E-state index contributed by atoms with van der Waals surface area (Å²) in [4.78, 5) is 0. The third kappa shape index (κ3) is 4.68. The summed E-state index contributed by atoms with van der Waals surface area (Å²) in [7, 11) is 0. The Bertz CT molecular complexity index is 514. The van der Waals surface area contributed by atoms with E-state index in [1.165, 1.54) is 35.4 Å². The fraction of sp³-hybridized carbons (Fsp3) is 0.133. The molecule has 2 aromatic rings. The Morgan fingerprint density at radius 3 is 1.67 bits per heavy atom. The van der Waals surface area contributed by atoms with Crippen LogP contribution in [0.4, 0.5) is 0 Å². The van der Waals surface area contributed by atoms with Crippen molar-refractivity contribution in [3.05, 3.63) is 68.6 Å². The van der Waals surface area contributed by atoms with Crippen molar-refractivity contribution in [2.24, 2.45) is 0 Å². The Kier molecular flexibility index (Phi) is 5.72. The molecule has 0 aromatic heterocycles. The van der Waals surface area contributed by atoms with Crippen LogP contribution in [0.15, 0.2) is 57.5 Å². The number of hydrogen-bond donors (Lipinski definition) is 0. The normalized spacial score (nSPS) is 10.4. The zero-order valence-corrected chi connectivity index (χ0v) is 15.4. The van der Waals surface area contributed by atoms with Crippen molar-refractivity contribution < 1.29 is 24.2 Å². The third-order valence-corrected chi connectivity index (χ3v) is 4.47. The van der Waals surface area contributed by atoms with Crippen LogP contribution in [0.2, 0.25) is 0 Å². The van der Waals surface area contributed by atoms with Crippen molar-refractivity contribution in [1.82, 2.24) is 0 Å². The van der Waals surface area contributed by atoms with Gasteiger partial charge in [-0.2, -0.15) is 0 Å². The van der Waals surface area contributed by atoms with Gasteiger partial charge < -0.3 is 0 Å². The molecule has 0 aliphatic heterocycles. The average molecular weight is 443 g/mol. The second-order valence-corrected chi connectivity index (χ2v) is 7.79. The van der Waals surface area contributed by atoms with Gasteiger partial charge in [0.2, 0.25) is 0 Å². The Labute approximate surface area is 139 Å². The molecule has 0 aliphatic rings. The van der Waals surface area contributed by atoms with Gasteiger partial charge in [0.15, 0.2) is 0 Å². The molecule has 0 bridgehead atoms. The van der Waals surface area contributed by atoms with Crippen molar-refractivity contribution in [1.29, 1.82) is 0 Å². The molecule has 0 unspecified atom stereocenters. The van der Waals surface area contributed by atoms with Crippen molar-refractivity contribution >= 4 is 35.1 Å². The second kappa shape index (κ2) is 7.07. The summed E-state index contributed by atoms with van der Waals surface area (Å²) in [6.07, 6.45) is 2.15. The van der Waals surface area contributed by atoms with Gasteiger partial charge >= 0.3 is 141 Å². The molecule has 0 nitrogen and oxygen atoms in total. The first-order valence-electron chi connectivity index (χ1n) is 5.68. The molecule has 0 atom stereocenters. The van der Waals surface area contributed by atoms with Crippen molar-refractivity contribution in [2.75, 3.05) is 0 Å². The molecular formula is C15H12Br2Zr+2. The van der Waals surface area contributed by atoms with Gasteiger partial charge in [0, 0.05) is 0 Å². The Morgan fingerprint density at radius 2 is 1.28 bits per heavy atom. The Balaban J connectivity index is 2.01. The molecule has 0 spiro atoms. The van der Waals surface area contributed by atoms with Crippen molar-refractivity contribution in [2.45, 2.75) is 12.8 Å². The fourth-order valence-electron chi connectivity index (χ4n) is 1.85. The Hall–Kier alpha value is 0.153. The predicted octanol–water partition coefficient (Wildman–Crippen LogP) is 4.72. The number of rotatable bonds is 4. The summed E-state index contributed by atoms with van der Waals surface area (Å²) in [6.45, 7) is 0. The van der Waals surface area contributed by atoms with Crippen molar-refractivity contribution in [3.8, 4) is 0 Å². The van der Waals surface area contributed by atoms with E-state index in [1.807, 2.05) is 0 Å². The first-order chi connectivity index (χ1) is 8.63. The Morgan fingerprint density at radius 1 is 0.833 bits per heavy atom. The first kappa shape index (κ1) is 14.6. The fourth-order valence-corrected chi connectivity index (χ4v) is 3.75. The molecule has 0 amide bonds. The van der Waals surface area contributed by atoms with E-state index in [9.17, 15) is 0 Å². The summed E-state index contributed by atoms with van der Waals surface area (Å²) in [5.74, 6) is 0. The molecule has 88 valence electrons. The number of halogens is 2. The third-order valence-electron chi connectivity index (χ3n) is 2.61. The van der Waals surface area contributed by atoms with Gasteiger partial charge in [-0.05, 0) is 0 Å². The molecule has 3 heteroatoms. The van der Waals surface area contributed by atoms with Gasteiger partial charge in [0.25, 0.3) is 0 Å². The predicted molar refractivity (Wildman–Crippen MR) is 80.7 cm³/mol. The van der Waals surface area contributed by atoms with Crippen LogP contribution in [0.5, 0.6) is 0 Å². The molecule has 0 fully saturated rings. The van der Waals surface area contributed by atoms with E-state index in [-0.39, 0.29) is 0 Å². The van der Waals surface area contributed by atoms with E-state index < -0.39 is 0 Å². The zero-order chi connectivity index (χ0) is 13.0. The van der Waals surface area contributed by atoms with E-state index in [0.717, 1.165) is 21.8 Å². The van der Waals surface area contributed by atoms with Crippen LogP contribution < -0.4 is 0 Å². The summed E-state index contributed by atoms with van der Waals surface area (Å²) in [6, 6.07) is 17.1. The average Bonchev–Trinajstić information content (AvgIpc) is 2.28. The van der Waals surface area contributed by atoms with Gasteiger partial charge in [-0.15, -0.1) is 0 Å². The zero-order valence-electron chi connectivity index (χ0n) is 9.79. The van der Waals surface area contributed by atoms with Crippen LogP contribution in [0, 0.1) is 0 Å². The minimum absolute atomic E-state index is 1.07. The molecule has 0 saturated heterocycles. The topological polar surface area (TPSA) is 0 Å². The molecule has 2 aromatic carbocycles. The first-order valence-corrected chi connectivity index (χ1v) is 8.50. The monoisotopic (exact) mass is 440 g/mol. The summed E-state index contributed by atoms with van der Waals surface area (Å²) < 4.78 is 3.88. The molecule has 0 saturated carbocycles. The molecule has 0 radical (unpaired) electrons. The van der Waals surface area contributed by atoms with Gasteiger partial charge in [-0.3, -0.25) is 0 Å². The van der Waals surface area contributed by atoms with Crippen LogP contribution in [-0.4, -0.2) is 3.21 Å². The van der Waals surface area contributed by atoms with E-state index in [2.05, 4.69) is 80.4 Å². The number of benzene rings is 2. The van der Waals surface area contributed by atoms with E-state index in [1.54, 1.807) is 3.21 Å². The summed E-state index contributed by atoms with van der Waals surface area (Å²) in [5.41, 5.74) is 2.76. The van der Waals surface area contributed by atoms with Gasteiger partial charge in [-0.1, -0.05) is 0 Å². The summed E-state index contributed by atoms with van der Waals surface area (Å²) >= 11 is 8.56. The maximum atomic E-state index is 3.52. The van der Waals surface area contributed by atoms with Crippen LogP contribution in [0.25, 0.3) is 0 Å². The maximum absolute atomic E-state index is 3.52.